The number of rotatable bonds is 6. The van der Waals surface area contributed by atoms with E-state index in [0.29, 0.717) is 34.7 Å². The van der Waals surface area contributed by atoms with Crippen LogP contribution in [0.15, 0.2) is 18.2 Å². The lowest BCUT2D eigenvalue weighted by Crippen LogP contribution is -2.25. The number of hydrogen-bond acceptors (Lipinski definition) is 5. The molecule has 7 nitrogen and oxygen atoms in total. The Bertz CT molecular complexity index is 697. The summed E-state index contributed by atoms with van der Waals surface area (Å²) in [5.41, 5.74) is 1.83. The van der Waals surface area contributed by atoms with Crippen molar-refractivity contribution in [2.75, 3.05) is 21.3 Å². The van der Waals surface area contributed by atoms with Gasteiger partial charge in [-0.1, -0.05) is 0 Å². The highest BCUT2D eigenvalue weighted by Gasteiger charge is 2.25. The molecule has 0 unspecified atom stereocenters. The van der Waals surface area contributed by atoms with Gasteiger partial charge in [0.05, 0.1) is 27.0 Å². The summed E-state index contributed by atoms with van der Waals surface area (Å²) in [6.45, 7) is 0. The molecule has 1 aromatic heterocycles. The maximum absolute atomic E-state index is 12.0. The number of benzene rings is 1. The fourth-order valence-electron chi connectivity index (χ4n) is 2.31. The largest absolute Gasteiger partial charge is 0.493 e. The Morgan fingerprint density at radius 3 is 2.30 bits per heavy atom. The molecule has 0 saturated heterocycles. The minimum atomic E-state index is -0.140. The molecule has 2 aromatic rings. The van der Waals surface area contributed by atoms with Crippen molar-refractivity contribution >= 4 is 5.91 Å². The highest BCUT2D eigenvalue weighted by Crippen LogP contribution is 2.40. The summed E-state index contributed by atoms with van der Waals surface area (Å²) < 4.78 is 16.0. The number of carbonyl (C=O) groups is 1. The van der Waals surface area contributed by atoms with Gasteiger partial charge in [0.2, 0.25) is 5.75 Å². The van der Waals surface area contributed by atoms with Crippen molar-refractivity contribution < 1.29 is 19.0 Å². The topological polar surface area (TPSA) is 85.5 Å². The van der Waals surface area contributed by atoms with Crippen molar-refractivity contribution in [1.82, 2.24) is 15.5 Å². The molecule has 1 aliphatic rings. The SMILES string of the molecule is COc1cc(-c2cc(C(=O)NC3CC3)[nH]n2)cc(OC)c1OC. The Balaban J connectivity index is 1.91. The first-order valence-corrected chi connectivity index (χ1v) is 7.33. The Morgan fingerprint density at radius 2 is 1.78 bits per heavy atom. The van der Waals surface area contributed by atoms with Gasteiger partial charge in [-0.3, -0.25) is 9.89 Å². The van der Waals surface area contributed by atoms with Crippen molar-refractivity contribution in [2.45, 2.75) is 18.9 Å². The molecule has 1 aliphatic carbocycles. The molecule has 1 amide bonds. The molecule has 0 atom stereocenters. The molecule has 122 valence electrons. The molecule has 0 spiro atoms. The number of nitrogens with zero attached hydrogens (tertiary/aromatic N) is 1. The maximum atomic E-state index is 12.0. The van der Waals surface area contributed by atoms with Crippen LogP contribution in [0.25, 0.3) is 11.3 Å². The molecule has 0 aliphatic heterocycles. The summed E-state index contributed by atoms with van der Waals surface area (Å²) in [5.74, 6) is 1.45. The third kappa shape index (κ3) is 3.08. The number of carbonyl (C=O) groups excluding carboxylic acids is 1. The fourth-order valence-corrected chi connectivity index (χ4v) is 2.31. The highest BCUT2D eigenvalue weighted by molar-refractivity contribution is 5.93. The molecule has 23 heavy (non-hydrogen) atoms. The summed E-state index contributed by atoms with van der Waals surface area (Å²) in [6.07, 6.45) is 2.08. The van der Waals surface area contributed by atoms with E-state index in [1.165, 1.54) is 0 Å². The lowest BCUT2D eigenvalue weighted by Gasteiger charge is -2.13. The van der Waals surface area contributed by atoms with Crippen LogP contribution in [0.1, 0.15) is 23.3 Å². The number of ether oxygens (including phenoxy) is 3. The van der Waals surface area contributed by atoms with E-state index in [1.54, 1.807) is 39.5 Å². The van der Waals surface area contributed by atoms with E-state index < -0.39 is 0 Å². The normalized spacial score (nSPS) is 13.5. The van der Waals surface area contributed by atoms with Crippen LogP contribution < -0.4 is 19.5 Å². The quantitative estimate of drug-likeness (QED) is 0.851. The van der Waals surface area contributed by atoms with Crippen LogP contribution in [-0.4, -0.2) is 43.5 Å². The molecule has 1 aromatic carbocycles. The van der Waals surface area contributed by atoms with Gasteiger partial charge in [0.15, 0.2) is 11.5 Å². The summed E-state index contributed by atoms with van der Waals surface area (Å²) in [5, 5.41) is 9.89. The van der Waals surface area contributed by atoms with Crippen LogP contribution in [0.2, 0.25) is 0 Å². The zero-order valence-corrected chi connectivity index (χ0v) is 13.3. The van der Waals surface area contributed by atoms with Crippen LogP contribution in [0.4, 0.5) is 0 Å². The van der Waals surface area contributed by atoms with Gasteiger partial charge in [0.1, 0.15) is 5.69 Å². The zero-order valence-electron chi connectivity index (χ0n) is 13.3. The van der Waals surface area contributed by atoms with Gasteiger partial charge in [0, 0.05) is 11.6 Å². The second-order valence-electron chi connectivity index (χ2n) is 5.33. The van der Waals surface area contributed by atoms with E-state index >= 15 is 0 Å². The maximum Gasteiger partial charge on any atom is 0.269 e. The summed E-state index contributed by atoms with van der Waals surface area (Å²) in [4.78, 5) is 12.0. The number of methoxy groups -OCH3 is 3. The zero-order chi connectivity index (χ0) is 16.4. The molecule has 0 bridgehead atoms. The lowest BCUT2D eigenvalue weighted by atomic mass is 10.1. The highest BCUT2D eigenvalue weighted by atomic mass is 16.5. The van der Waals surface area contributed by atoms with Gasteiger partial charge in [-0.25, -0.2) is 0 Å². The Hall–Kier alpha value is -2.70. The predicted octanol–water partition coefficient (Wildman–Crippen LogP) is 1.99. The molecule has 1 heterocycles. The van der Waals surface area contributed by atoms with Gasteiger partial charge in [0.25, 0.3) is 5.91 Å². The van der Waals surface area contributed by atoms with Crippen molar-refractivity contribution in [3.63, 3.8) is 0 Å². The first-order chi connectivity index (χ1) is 11.2. The molecule has 3 rings (SSSR count). The lowest BCUT2D eigenvalue weighted by molar-refractivity contribution is 0.0946. The van der Waals surface area contributed by atoms with Gasteiger partial charge in [-0.05, 0) is 31.0 Å². The van der Waals surface area contributed by atoms with Crippen LogP contribution in [-0.2, 0) is 0 Å². The van der Waals surface area contributed by atoms with Crippen molar-refractivity contribution in [1.29, 1.82) is 0 Å². The standard InChI is InChI=1S/C16H19N3O4/c1-21-13-6-9(7-14(22-2)15(13)23-3)11-8-12(19-18-11)16(20)17-10-4-5-10/h6-8,10H,4-5H2,1-3H3,(H,17,20)(H,18,19). The van der Waals surface area contributed by atoms with Crippen LogP contribution >= 0.6 is 0 Å². The van der Waals surface area contributed by atoms with Crippen molar-refractivity contribution in [3.05, 3.63) is 23.9 Å². The number of nitrogens with one attached hydrogen (secondary N) is 2. The Labute approximate surface area is 133 Å². The van der Waals surface area contributed by atoms with E-state index in [1.807, 2.05) is 0 Å². The van der Waals surface area contributed by atoms with E-state index in [-0.39, 0.29) is 5.91 Å². The van der Waals surface area contributed by atoms with E-state index in [4.69, 9.17) is 14.2 Å². The Morgan fingerprint density at radius 1 is 1.13 bits per heavy atom. The molecule has 2 N–H and O–H groups in total. The van der Waals surface area contributed by atoms with Gasteiger partial charge in [-0.2, -0.15) is 5.10 Å². The number of aromatic amines is 1. The van der Waals surface area contributed by atoms with Gasteiger partial charge >= 0.3 is 0 Å². The molecular weight excluding hydrogens is 298 g/mol. The Kier molecular flexibility index (Phi) is 4.10. The van der Waals surface area contributed by atoms with Crippen LogP contribution in [0.3, 0.4) is 0 Å². The minimum absolute atomic E-state index is 0.140. The van der Waals surface area contributed by atoms with Crippen LogP contribution in [0, 0.1) is 0 Å². The van der Waals surface area contributed by atoms with Crippen molar-refractivity contribution in [2.24, 2.45) is 0 Å². The average Bonchev–Trinajstić information content (AvgIpc) is 3.25. The van der Waals surface area contributed by atoms with Crippen LogP contribution in [0.5, 0.6) is 17.2 Å². The molecular formula is C16H19N3O4. The van der Waals surface area contributed by atoms with E-state index in [0.717, 1.165) is 18.4 Å². The third-order valence-corrected chi connectivity index (χ3v) is 3.70. The molecule has 1 saturated carbocycles. The predicted molar refractivity (Wildman–Crippen MR) is 84.2 cm³/mol. The van der Waals surface area contributed by atoms with E-state index in [2.05, 4.69) is 15.5 Å². The van der Waals surface area contributed by atoms with Gasteiger partial charge in [-0.15, -0.1) is 0 Å². The molecule has 1 fully saturated rings. The van der Waals surface area contributed by atoms with E-state index in [9.17, 15) is 4.79 Å². The number of amides is 1. The van der Waals surface area contributed by atoms with Crippen molar-refractivity contribution in [3.8, 4) is 28.5 Å². The smallest absolute Gasteiger partial charge is 0.269 e. The molecule has 0 radical (unpaired) electrons. The molecule has 7 heteroatoms. The second-order valence-corrected chi connectivity index (χ2v) is 5.33. The summed E-state index contributed by atoms with van der Waals surface area (Å²) >= 11 is 0. The fraction of sp³-hybridized carbons (Fsp3) is 0.375. The summed E-state index contributed by atoms with van der Waals surface area (Å²) in [6, 6.07) is 5.59. The number of H-pyrrole nitrogens is 1. The number of hydrogen-bond donors (Lipinski definition) is 2. The number of aromatic nitrogens is 2. The first kappa shape index (κ1) is 15.2. The average molecular weight is 317 g/mol. The summed E-state index contributed by atoms with van der Waals surface area (Å²) in [7, 11) is 4.66. The first-order valence-electron chi connectivity index (χ1n) is 7.33. The second kappa shape index (κ2) is 6.20. The monoisotopic (exact) mass is 317 g/mol. The van der Waals surface area contributed by atoms with Gasteiger partial charge < -0.3 is 19.5 Å². The minimum Gasteiger partial charge on any atom is -0.493 e. The third-order valence-electron chi connectivity index (χ3n) is 3.70.